The molecule has 1 amide bonds. The van der Waals surface area contributed by atoms with Gasteiger partial charge in [-0.25, -0.2) is 0 Å². The minimum Gasteiger partial charge on any atom is -0.461 e. The van der Waals surface area contributed by atoms with Crippen LogP contribution in [0.5, 0.6) is 0 Å². The SMILES string of the molecule is CCCCCC/C=C\COC(=O)CCCCCCCN(CCCCCCCCCCCCCC)C(=O)SCC(C)NC. The summed E-state index contributed by atoms with van der Waals surface area (Å²) in [6, 6.07) is 0.339. The van der Waals surface area contributed by atoms with E-state index in [0.29, 0.717) is 19.1 Å². The monoisotopic (exact) mass is 611 g/mol. The average molecular weight is 611 g/mol. The third-order valence-electron chi connectivity index (χ3n) is 8.03. The summed E-state index contributed by atoms with van der Waals surface area (Å²) < 4.78 is 5.32. The molecule has 0 saturated heterocycles. The molecule has 0 radical (unpaired) electrons. The van der Waals surface area contributed by atoms with Gasteiger partial charge >= 0.3 is 5.97 Å². The minimum atomic E-state index is -0.0855. The van der Waals surface area contributed by atoms with Crippen molar-refractivity contribution in [2.75, 3.05) is 32.5 Å². The summed E-state index contributed by atoms with van der Waals surface area (Å²) in [6.45, 7) is 8.76. The molecule has 1 unspecified atom stereocenters. The van der Waals surface area contributed by atoms with Gasteiger partial charge in [0.1, 0.15) is 6.61 Å². The maximum atomic E-state index is 12.9. The number of unbranched alkanes of at least 4 members (excludes halogenated alkanes) is 19. The third kappa shape index (κ3) is 29.1. The molecule has 6 heteroatoms. The number of nitrogens with one attached hydrogen (secondary N) is 1. The normalized spacial score (nSPS) is 12.2. The highest BCUT2D eigenvalue weighted by atomic mass is 32.2. The van der Waals surface area contributed by atoms with E-state index < -0.39 is 0 Å². The van der Waals surface area contributed by atoms with Crippen LogP contribution < -0.4 is 5.32 Å². The second-order valence-corrected chi connectivity index (χ2v) is 13.1. The van der Waals surface area contributed by atoms with Crippen molar-refractivity contribution in [3.63, 3.8) is 0 Å². The Morgan fingerprint density at radius 2 is 1.17 bits per heavy atom. The quantitative estimate of drug-likeness (QED) is 0.0481. The fourth-order valence-corrected chi connectivity index (χ4v) is 5.92. The van der Waals surface area contributed by atoms with Crippen LogP contribution in [0.3, 0.4) is 0 Å². The molecule has 0 heterocycles. The van der Waals surface area contributed by atoms with Gasteiger partial charge in [0.25, 0.3) is 5.24 Å². The summed E-state index contributed by atoms with van der Waals surface area (Å²) in [5, 5.41) is 3.46. The van der Waals surface area contributed by atoms with E-state index in [1.54, 1.807) is 0 Å². The molecule has 0 bridgehead atoms. The first-order chi connectivity index (χ1) is 20.5. The zero-order valence-electron chi connectivity index (χ0n) is 28.4. The number of amides is 1. The number of nitrogens with zero attached hydrogens (tertiary/aromatic N) is 1. The Labute approximate surface area is 266 Å². The first-order valence-electron chi connectivity index (χ1n) is 17.9. The van der Waals surface area contributed by atoms with Crippen molar-refractivity contribution in [3.8, 4) is 0 Å². The number of ether oxygens (including phenoxy) is 1. The van der Waals surface area contributed by atoms with E-state index in [0.717, 1.165) is 63.8 Å². The first kappa shape index (κ1) is 41.0. The van der Waals surface area contributed by atoms with Crippen molar-refractivity contribution in [2.24, 2.45) is 0 Å². The number of carbonyl (C=O) groups excluding carboxylic acids is 2. The summed E-state index contributed by atoms with van der Waals surface area (Å²) in [7, 11) is 1.95. The Bertz CT molecular complexity index is 629. The Morgan fingerprint density at radius 1 is 0.690 bits per heavy atom. The first-order valence-corrected chi connectivity index (χ1v) is 18.9. The van der Waals surface area contributed by atoms with Gasteiger partial charge in [-0.05, 0) is 46.1 Å². The van der Waals surface area contributed by atoms with E-state index in [2.05, 4.69) is 37.1 Å². The van der Waals surface area contributed by atoms with Crippen LogP contribution in [0.2, 0.25) is 0 Å². The Morgan fingerprint density at radius 3 is 1.69 bits per heavy atom. The van der Waals surface area contributed by atoms with Gasteiger partial charge < -0.3 is 15.0 Å². The van der Waals surface area contributed by atoms with Gasteiger partial charge in [0, 0.05) is 31.3 Å². The molecule has 0 fully saturated rings. The van der Waals surface area contributed by atoms with Crippen LogP contribution in [0.4, 0.5) is 4.79 Å². The number of rotatable bonds is 31. The number of hydrogen-bond acceptors (Lipinski definition) is 5. The van der Waals surface area contributed by atoms with Crippen LogP contribution in [-0.2, 0) is 9.53 Å². The predicted octanol–water partition coefficient (Wildman–Crippen LogP) is 10.9. The molecule has 42 heavy (non-hydrogen) atoms. The lowest BCUT2D eigenvalue weighted by Crippen LogP contribution is -2.32. The molecule has 0 aromatic rings. The highest BCUT2D eigenvalue weighted by Gasteiger charge is 2.15. The standard InChI is InChI=1S/C36H70N2O3S/c1-5-7-9-11-13-14-15-16-17-18-22-26-30-38(36(40)42-33-34(3)37-4)31-27-23-20-21-25-29-35(39)41-32-28-24-19-12-10-8-6-2/h24,28,34,37H,5-23,25-27,29-33H2,1-4H3/b28-24-. The van der Waals surface area contributed by atoms with Crippen LogP contribution in [0, 0.1) is 0 Å². The second-order valence-electron chi connectivity index (χ2n) is 12.2. The number of carbonyl (C=O) groups is 2. The topological polar surface area (TPSA) is 58.6 Å². The lowest BCUT2D eigenvalue weighted by molar-refractivity contribution is -0.142. The summed E-state index contributed by atoms with van der Waals surface area (Å²) in [5.41, 5.74) is 0. The Kier molecular flexibility index (Phi) is 32.1. The van der Waals surface area contributed by atoms with Gasteiger partial charge in [-0.1, -0.05) is 147 Å². The zero-order valence-corrected chi connectivity index (χ0v) is 29.2. The molecule has 0 aromatic carbocycles. The predicted molar refractivity (Wildman–Crippen MR) is 186 cm³/mol. The molecular formula is C36H70N2O3S. The van der Waals surface area contributed by atoms with Crippen molar-refractivity contribution in [3.05, 3.63) is 12.2 Å². The van der Waals surface area contributed by atoms with Gasteiger partial charge in [0.2, 0.25) is 0 Å². The molecule has 0 spiro atoms. The number of esters is 1. The molecule has 0 rings (SSSR count). The van der Waals surface area contributed by atoms with Crippen molar-refractivity contribution in [1.29, 1.82) is 0 Å². The smallest absolute Gasteiger partial charge is 0.306 e. The average Bonchev–Trinajstić information content (AvgIpc) is 2.99. The summed E-state index contributed by atoms with van der Waals surface area (Å²) in [4.78, 5) is 27.0. The molecule has 0 saturated carbocycles. The summed E-state index contributed by atoms with van der Waals surface area (Å²) in [5.74, 6) is 0.729. The highest BCUT2D eigenvalue weighted by Crippen LogP contribution is 2.16. The molecule has 5 nitrogen and oxygen atoms in total. The van der Waals surface area contributed by atoms with Gasteiger partial charge in [0.05, 0.1) is 0 Å². The van der Waals surface area contributed by atoms with Gasteiger partial charge in [0.15, 0.2) is 0 Å². The molecule has 248 valence electrons. The van der Waals surface area contributed by atoms with E-state index in [1.807, 2.05) is 13.1 Å². The van der Waals surface area contributed by atoms with E-state index in [4.69, 9.17) is 4.74 Å². The van der Waals surface area contributed by atoms with Crippen LogP contribution in [0.15, 0.2) is 12.2 Å². The van der Waals surface area contributed by atoms with E-state index in [9.17, 15) is 9.59 Å². The third-order valence-corrected chi connectivity index (χ3v) is 9.20. The molecule has 0 aliphatic carbocycles. The lowest BCUT2D eigenvalue weighted by atomic mass is 10.1. The van der Waals surface area contributed by atoms with Gasteiger partial charge in [-0.15, -0.1) is 0 Å². The fourth-order valence-electron chi connectivity index (χ4n) is 5.00. The van der Waals surface area contributed by atoms with Crippen molar-refractivity contribution in [1.82, 2.24) is 10.2 Å². The minimum absolute atomic E-state index is 0.0855. The summed E-state index contributed by atoms with van der Waals surface area (Å²) >= 11 is 1.46. The molecule has 1 N–H and O–H groups in total. The van der Waals surface area contributed by atoms with Crippen LogP contribution in [0.25, 0.3) is 0 Å². The Balaban J connectivity index is 4.01. The maximum absolute atomic E-state index is 12.9. The molecule has 0 aliphatic rings. The molecule has 1 atom stereocenters. The summed E-state index contributed by atoms with van der Waals surface area (Å²) in [6.07, 6.45) is 32.0. The number of hydrogen-bond donors (Lipinski definition) is 1. The largest absolute Gasteiger partial charge is 0.461 e. The highest BCUT2D eigenvalue weighted by molar-refractivity contribution is 8.13. The number of allylic oxidation sites excluding steroid dienone is 1. The second kappa shape index (κ2) is 32.9. The van der Waals surface area contributed by atoms with Gasteiger partial charge in [-0.2, -0.15) is 0 Å². The van der Waals surface area contributed by atoms with E-state index in [-0.39, 0.29) is 11.2 Å². The molecule has 0 aromatic heterocycles. The fraction of sp³-hybridized carbons (Fsp3) is 0.889. The van der Waals surface area contributed by atoms with E-state index in [1.165, 1.54) is 108 Å². The van der Waals surface area contributed by atoms with Crippen LogP contribution in [0.1, 0.15) is 168 Å². The number of thioether (sulfide) groups is 1. The zero-order chi connectivity index (χ0) is 30.9. The van der Waals surface area contributed by atoms with Crippen molar-refractivity contribution >= 4 is 23.0 Å². The van der Waals surface area contributed by atoms with Crippen molar-refractivity contribution < 1.29 is 14.3 Å². The van der Waals surface area contributed by atoms with Crippen LogP contribution >= 0.6 is 11.8 Å². The van der Waals surface area contributed by atoms with E-state index >= 15 is 0 Å². The van der Waals surface area contributed by atoms with Crippen LogP contribution in [-0.4, -0.2) is 54.6 Å². The van der Waals surface area contributed by atoms with Gasteiger partial charge in [-0.3, -0.25) is 9.59 Å². The molecule has 0 aliphatic heterocycles. The van der Waals surface area contributed by atoms with Crippen molar-refractivity contribution in [2.45, 2.75) is 174 Å². The maximum Gasteiger partial charge on any atom is 0.306 e. The Hall–Kier alpha value is -1.01. The molecular weight excluding hydrogens is 540 g/mol. The lowest BCUT2D eigenvalue weighted by Gasteiger charge is -2.23.